The molecule has 0 radical (unpaired) electrons. The predicted molar refractivity (Wildman–Crippen MR) is 82.6 cm³/mol. The predicted octanol–water partition coefficient (Wildman–Crippen LogP) is 3.59. The van der Waals surface area contributed by atoms with Crippen LogP contribution in [0.3, 0.4) is 0 Å². The smallest absolute Gasteiger partial charge is 0.241 e. The maximum absolute atomic E-state index is 12.6. The van der Waals surface area contributed by atoms with Crippen molar-refractivity contribution in [2.24, 2.45) is 5.92 Å². The molecule has 2 rings (SSSR count). The van der Waals surface area contributed by atoms with E-state index < -0.39 is 0 Å². The van der Waals surface area contributed by atoms with E-state index in [9.17, 15) is 4.79 Å². The van der Waals surface area contributed by atoms with E-state index in [-0.39, 0.29) is 24.2 Å². The van der Waals surface area contributed by atoms with Crippen LogP contribution in [-0.2, 0) is 4.79 Å². The molecule has 1 aliphatic rings. The zero-order valence-electron chi connectivity index (χ0n) is 12.6. The number of carbonyl (C=O) groups is 1. The highest BCUT2D eigenvalue weighted by Gasteiger charge is 2.41. The second-order valence-electron chi connectivity index (χ2n) is 5.81. The van der Waals surface area contributed by atoms with Crippen LogP contribution < -0.4 is 5.32 Å². The molecule has 1 aliphatic heterocycles. The number of hydrogen-bond donors (Lipinski definition) is 1. The summed E-state index contributed by atoms with van der Waals surface area (Å²) in [6, 6.07) is 7.85. The topological polar surface area (TPSA) is 32.3 Å². The Bertz CT molecular complexity index is 472. The monoisotopic (exact) mass is 294 g/mol. The summed E-state index contributed by atoms with van der Waals surface area (Å²) in [7, 11) is 0. The first kappa shape index (κ1) is 15.3. The van der Waals surface area contributed by atoms with E-state index >= 15 is 0 Å². The lowest BCUT2D eigenvalue weighted by molar-refractivity contribution is -0.133. The summed E-state index contributed by atoms with van der Waals surface area (Å²) in [6.07, 6.45) is 0.756. The highest BCUT2D eigenvalue weighted by molar-refractivity contribution is 6.30. The SMILES string of the molecule is CCC1NC(c2ccc(Cl)cc2)N(C(C)C(C)C)C1=O. The standard InChI is InChI=1S/C16H23ClN2O/c1-5-14-16(20)19(11(4)10(2)3)15(18-14)12-6-8-13(17)9-7-12/h6-11,14-15,18H,5H2,1-4H3. The fourth-order valence-corrected chi connectivity index (χ4v) is 2.73. The number of amides is 1. The van der Waals surface area contributed by atoms with Crippen molar-refractivity contribution in [3.63, 3.8) is 0 Å². The largest absolute Gasteiger partial charge is 0.319 e. The van der Waals surface area contributed by atoms with Gasteiger partial charge >= 0.3 is 0 Å². The van der Waals surface area contributed by atoms with Gasteiger partial charge in [0.2, 0.25) is 5.91 Å². The van der Waals surface area contributed by atoms with Gasteiger partial charge in [-0.15, -0.1) is 0 Å². The normalized spacial score (nSPS) is 24.5. The number of nitrogens with zero attached hydrogens (tertiary/aromatic N) is 1. The van der Waals surface area contributed by atoms with Crippen molar-refractivity contribution in [1.82, 2.24) is 10.2 Å². The molecule has 1 fully saturated rings. The second kappa shape index (κ2) is 6.15. The summed E-state index contributed by atoms with van der Waals surface area (Å²) in [5, 5.41) is 4.16. The van der Waals surface area contributed by atoms with E-state index in [1.165, 1.54) is 0 Å². The molecule has 0 spiro atoms. The van der Waals surface area contributed by atoms with Crippen LogP contribution in [0.15, 0.2) is 24.3 Å². The van der Waals surface area contributed by atoms with Crippen molar-refractivity contribution in [3.8, 4) is 0 Å². The Morgan fingerprint density at radius 3 is 2.35 bits per heavy atom. The zero-order valence-corrected chi connectivity index (χ0v) is 13.3. The second-order valence-corrected chi connectivity index (χ2v) is 6.25. The lowest BCUT2D eigenvalue weighted by Crippen LogP contribution is -2.41. The summed E-state index contributed by atoms with van der Waals surface area (Å²) < 4.78 is 0. The quantitative estimate of drug-likeness (QED) is 0.920. The minimum Gasteiger partial charge on any atom is -0.319 e. The van der Waals surface area contributed by atoms with Crippen LogP contribution in [0.2, 0.25) is 5.02 Å². The highest BCUT2D eigenvalue weighted by atomic mass is 35.5. The third-order valence-corrected chi connectivity index (χ3v) is 4.44. The molecule has 1 heterocycles. The first-order valence-corrected chi connectivity index (χ1v) is 7.67. The van der Waals surface area contributed by atoms with Crippen LogP contribution >= 0.6 is 11.6 Å². The molecule has 1 amide bonds. The Hall–Kier alpha value is -1.06. The van der Waals surface area contributed by atoms with Crippen molar-refractivity contribution >= 4 is 17.5 Å². The van der Waals surface area contributed by atoms with Crippen LogP contribution in [0.4, 0.5) is 0 Å². The van der Waals surface area contributed by atoms with Crippen LogP contribution in [-0.4, -0.2) is 22.9 Å². The summed E-state index contributed by atoms with van der Waals surface area (Å²) >= 11 is 5.95. The minimum absolute atomic E-state index is 0.0536. The number of rotatable bonds is 4. The molecule has 1 saturated heterocycles. The van der Waals surface area contributed by atoms with Crippen molar-refractivity contribution < 1.29 is 4.79 Å². The van der Waals surface area contributed by atoms with Crippen molar-refractivity contribution in [1.29, 1.82) is 0 Å². The van der Waals surface area contributed by atoms with Gasteiger partial charge in [0.15, 0.2) is 0 Å². The molecular weight excluding hydrogens is 272 g/mol. The molecule has 0 saturated carbocycles. The fraction of sp³-hybridized carbons (Fsp3) is 0.562. The lowest BCUT2D eigenvalue weighted by Gasteiger charge is -2.33. The van der Waals surface area contributed by atoms with Gasteiger partial charge in [-0.2, -0.15) is 0 Å². The van der Waals surface area contributed by atoms with Gasteiger partial charge in [0, 0.05) is 11.1 Å². The molecule has 110 valence electrons. The van der Waals surface area contributed by atoms with E-state index in [0.29, 0.717) is 10.9 Å². The lowest BCUT2D eigenvalue weighted by atomic mass is 10.0. The molecule has 20 heavy (non-hydrogen) atoms. The van der Waals surface area contributed by atoms with Gasteiger partial charge in [-0.25, -0.2) is 0 Å². The third kappa shape index (κ3) is 2.84. The Balaban J connectivity index is 2.33. The number of carbonyl (C=O) groups excluding carboxylic acids is 1. The van der Waals surface area contributed by atoms with Crippen molar-refractivity contribution in [3.05, 3.63) is 34.9 Å². The van der Waals surface area contributed by atoms with Gasteiger partial charge in [0.1, 0.15) is 6.17 Å². The maximum Gasteiger partial charge on any atom is 0.241 e. The summed E-state index contributed by atoms with van der Waals surface area (Å²) in [6.45, 7) is 8.45. The molecule has 1 aromatic carbocycles. The van der Waals surface area contributed by atoms with Crippen LogP contribution in [0.25, 0.3) is 0 Å². The summed E-state index contributed by atoms with van der Waals surface area (Å²) in [5.41, 5.74) is 1.09. The first-order valence-electron chi connectivity index (χ1n) is 7.29. The fourth-order valence-electron chi connectivity index (χ4n) is 2.60. The number of nitrogens with one attached hydrogen (secondary N) is 1. The Kier molecular flexibility index (Phi) is 4.71. The Morgan fingerprint density at radius 2 is 1.85 bits per heavy atom. The summed E-state index contributed by atoms with van der Waals surface area (Å²) in [5.74, 6) is 0.625. The number of halogens is 1. The maximum atomic E-state index is 12.6. The van der Waals surface area contributed by atoms with E-state index in [0.717, 1.165) is 12.0 Å². The van der Waals surface area contributed by atoms with Gasteiger partial charge in [0.25, 0.3) is 0 Å². The average Bonchev–Trinajstić information content (AvgIpc) is 2.75. The van der Waals surface area contributed by atoms with Crippen LogP contribution in [0.5, 0.6) is 0 Å². The third-order valence-electron chi connectivity index (χ3n) is 4.19. The molecule has 0 bridgehead atoms. The van der Waals surface area contributed by atoms with Gasteiger partial charge in [-0.1, -0.05) is 44.5 Å². The molecular formula is C16H23ClN2O. The van der Waals surface area contributed by atoms with Gasteiger partial charge in [-0.05, 0) is 37.0 Å². The Labute approximate surface area is 126 Å². The average molecular weight is 295 g/mol. The van der Waals surface area contributed by atoms with Crippen molar-refractivity contribution in [2.75, 3.05) is 0 Å². The van der Waals surface area contributed by atoms with Gasteiger partial charge in [0.05, 0.1) is 6.04 Å². The van der Waals surface area contributed by atoms with E-state index in [1.807, 2.05) is 36.1 Å². The molecule has 3 unspecified atom stereocenters. The first-order chi connectivity index (χ1) is 9.45. The molecule has 1 N–H and O–H groups in total. The Morgan fingerprint density at radius 1 is 1.25 bits per heavy atom. The zero-order chi connectivity index (χ0) is 14.9. The molecule has 3 atom stereocenters. The molecule has 4 heteroatoms. The highest BCUT2D eigenvalue weighted by Crippen LogP contribution is 2.31. The van der Waals surface area contributed by atoms with Crippen LogP contribution in [0.1, 0.15) is 45.8 Å². The van der Waals surface area contributed by atoms with E-state index in [2.05, 4.69) is 26.1 Å². The molecule has 1 aromatic rings. The number of hydrogen-bond acceptors (Lipinski definition) is 2. The molecule has 0 aliphatic carbocycles. The minimum atomic E-state index is -0.0862. The van der Waals surface area contributed by atoms with Gasteiger partial charge < -0.3 is 4.90 Å². The molecule has 3 nitrogen and oxygen atoms in total. The summed E-state index contributed by atoms with van der Waals surface area (Å²) in [4.78, 5) is 14.6. The van der Waals surface area contributed by atoms with E-state index in [1.54, 1.807) is 0 Å². The van der Waals surface area contributed by atoms with Crippen LogP contribution in [0, 0.1) is 5.92 Å². The van der Waals surface area contributed by atoms with Crippen molar-refractivity contribution in [2.45, 2.75) is 52.4 Å². The van der Waals surface area contributed by atoms with E-state index in [4.69, 9.17) is 11.6 Å². The van der Waals surface area contributed by atoms with Gasteiger partial charge in [-0.3, -0.25) is 10.1 Å². The number of benzene rings is 1. The molecule has 0 aromatic heterocycles.